The average Bonchev–Trinajstić information content (AvgIpc) is 3.08. The molecule has 0 aromatic heterocycles. The first-order valence-corrected chi connectivity index (χ1v) is 11.7. The number of para-hydroxylation sites is 1. The number of hydrogen-bond donors (Lipinski definition) is 1. The van der Waals surface area contributed by atoms with Crippen LogP contribution in [0.5, 0.6) is 11.5 Å². The summed E-state index contributed by atoms with van der Waals surface area (Å²) < 4.78 is 11.2. The van der Waals surface area contributed by atoms with Gasteiger partial charge < -0.3 is 14.8 Å². The summed E-state index contributed by atoms with van der Waals surface area (Å²) in [7, 11) is 3.57. The van der Waals surface area contributed by atoms with Gasteiger partial charge >= 0.3 is 0 Å². The van der Waals surface area contributed by atoms with Crippen LogP contribution in [-0.2, 0) is 12.8 Å². The van der Waals surface area contributed by atoms with Crippen molar-refractivity contribution < 1.29 is 9.47 Å². The highest BCUT2D eigenvalue weighted by atomic mass is 16.5. The fourth-order valence-corrected chi connectivity index (χ4v) is 7.87. The Morgan fingerprint density at radius 2 is 1.93 bits per heavy atom. The van der Waals surface area contributed by atoms with Gasteiger partial charge in [-0.2, -0.15) is 0 Å². The monoisotopic (exact) mass is 403 g/mol. The minimum Gasteiger partial charge on any atom is -0.497 e. The first-order valence-electron chi connectivity index (χ1n) is 11.7. The molecule has 3 aliphatic carbocycles. The van der Waals surface area contributed by atoms with Crippen LogP contribution in [0.1, 0.15) is 55.2 Å². The Labute approximate surface area is 180 Å². The second-order valence-electron chi connectivity index (χ2n) is 10.3. The van der Waals surface area contributed by atoms with Crippen LogP contribution in [0.3, 0.4) is 0 Å². The van der Waals surface area contributed by atoms with Crippen molar-refractivity contribution in [2.45, 2.75) is 57.4 Å². The van der Waals surface area contributed by atoms with Gasteiger partial charge in [-0.1, -0.05) is 25.1 Å². The summed E-state index contributed by atoms with van der Waals surface area (Å²) in [6.45, 7) is 2.59. The summed E-state index contributed by atoms with van der Waals surface area (Å²) in [6, 6.07) is 13.9. The molecule has 2 aromatic carbocycles. The third kappa shape index (κ3) is 2.50. The second kappa shape index (κ2) is 6.67. The Morgan fingerprint density at radius 1 is 1.03 bits per heavy atom. The fraction of sp³-hybridized carbons (Fsp3) is 0.556. The third-order valence-corrected chi connectivity index (χ3v) is 9.22. The Kier molecular flexibility index (Phi) is 4.13. The minimum absolute atomic E-state index is 0.383. The Bertz CT molecular complexity index is 985. The van der Waals surface area contributed by atoms with Gasteiger partial charge in [0, 0.05) is 6.04 Å². The van der Waals surface area contributed by atoms with Crippen molar-refractivity contribution in [1.29, 1.82) is 0 Å². The topological polar surface area (TPSA) is 30.5 Å². The number of rotatable bonds is 2. The zero-order valence-corrected chi connectivity index (χ0v) is 18.4. The van der Waals surface area contributed by atoms with Crippen molar-refractivity contribution in [3.8, 4) is 11.5 Å². The molecule has 3 heteroatoms. The molecule has 0 amide bonds. The molecule has 158 valence electrons. The van der Waals surface area contributed by atoms with Crippen LogP contribution in [0.25, 0.3) is 0 Å². The van der Waals surface area contributed by atoms with E-state index < -0.39 is 0 Å². The highest BCUT2D eigenvalue weighted by Gasteiger charge is 2.59. The normalized spacial score (nSPS) is 35.8. The summed E-state index contributed by atoms with van der Waals surface area (Å²) in [4.78, 5) is 0. The van der Waals surface area contributed by atoms with Gasteiger partial charge in [-0.15, -0.1) is 0 Å². The number of benzene rings is 2. The van der Waals surface area contributed by atoms with Crippen LogP contribution < -0.4 is 14.8 Å². The van der Waals surface area contributed by atoms with Gasteiger partial charge in [0.05, 0.1) is 19.9 Å². The maximum absolute atomic E-state index is 5.70. The van der Waals surface area contributed by atoms with Crippen LogP contribution >= 0.6 is 0 Å². The molecule has 1 heterocycles. The SMILES string of the molecule is COc1ccc2c(c1)CC[C@@H]1[C@@H]2CC[C@@]2(C)[C@H]1C[C@H]1Cc3cccc(OC)c3N[C@@H]12. The maximum Gasteiger partial charge on any atom is 0.142 e. The van der Waals surface area contributed by atoms with Gasteiger partial charge in [-0.25, -0.2) is 0 Å². The van der Waals surface area contributed by atoms with Gasteiger partial charge in [0.15, 0.2) is 0 Å². The summed E-state index contributed by atoms with van der Waals surface area (Å²) in [6.07, 6.45) is 7.75. The first-order chi connectivity index (χ1) is 14.6. The lowest BCUT2D eigenvalue weighted by Crippen LogP contribution is -2.48. The van der Waals surface area contributed by atoms with E-state index in [-0.39, 0.29) is 0 Å². The van der Waals surface area contributed by atoms with Crippen LogP contribution in [0.15, 0.2) is 36.4 Å². The second-order valence-corrected chi connectivity index (χ2v) is 10.3. The van der Waals surface area contributed by atoms with Crippen molar-refractivity contribution in [3.63, 3.8) is 0 Å². The molecule has 1 aliphatic heterocycles. The Morgan fingerprint density at radius 3 is 2.77 bits per heavy atom. The van der Waals surface area contributed by atoms with Crippen LogP contribution in [-0.4, -0.2) is 20.3 Å². The maximum atomic E-state index is 5.70. The highest BCUT2D eigenvalue weighted by molar-refractivity contribution is 5.65. The van der Waals surface area contributed by atoms with Crippen LogP contribution in [0.4, 0.5) is 5.69 Å². The number of ether oxygens (including phenoxy) is 2. The molecular weight excluding hydrogens is 370 g/mol. The van der Waals surface area contributed by atoms with E-state index in [1.54, 1.807) is 19.8 Å². The highest BCUT2D eigenvalue weighted by Crippen LogP contribution is 2.64. The van der Waals surface area contributed by atoms with Gasteiger partial charge in [0.25, 0.3) is 0 Å². The van der Waals surface area contributed by atoms with Crippen LogP contribution in [0.2, 0.25) is 0 Å². The van der Waals surface area contributed by atoms with E-state index in [1.807, 2.05) is 0 Å². The molecule has 0 spiro atoms. The standard InChI is InChI=1S/C27H33NO2/c1-27-12-11-21-20-10-8-19(29-2)14-16(20)7-9-22(21)23(27)15-18-13-17-5-4-6-24(30-3)25(17)28-26(18)27/h4-6,8,10,14,18,21-23,26,28H,7,9,11-13,15H2,1-3H3/t18-,21-,22-,23+,26+,27+/m1/s1. The van der Waals surface area contributed by atoms with Gasteiger partial charge in [0.1, 0.15) is 11.5 Å². The zero-order chi connectivity index (χ0) is 20.5. The lowest BCUT2D eigenvalue weighted by atomic mass is 9.55. The fourth-order valence-electron chi connectivity index (χ4n) is 7.87. The predicted molar refractivity (Wildman–Crippen MR) is 121 cm³/mol. The average molecular weight is 404 g/mol. The number of fused-ring (bicyclic) bond motifs is 8. The molecule has 1 N–H and O–H groups in total. The molecular formula is C27H33NO2. The van der Waals surface area contributed by atoms with Gasteiger partial charge in [-0.3, -0.25) is 0 Å². The zero-order valence-electron chi connectivity index (χ0n) is 18.4. The Balaban J connectivity index is 1.33. The molecule has 0 saturated heterocycles. The largest absolute Gasteiger partial charge is 0.497 e. The number of aryl methyl sites for hydroxylation is 1. The molecule has 0 radical (unpaired) electrons. The molecule has 30 heavy (non-hydrogen) atoms. The number of methoxy groups -OCH3 is 2. The quantitative estimate of drug-likeness (QED) is 0.685. The molecule has 2 fully saturated rings. The smallest absolute Gasteiger partial charge is 0.142 e. The Hall–Kier alpha value is -2.16. The molecule has 3 nitrogen and oxygen atoms in total. The van der Waals surface area contributed by atoms with Crippen molar-refractivity contribution in [2.75, 3.05) is 19.5 Å². The number of hydrogen-bond acceptors (Lipinski definition) is 3. The van der Waals surface area contributed by atoms with Crippen molar-refractivity contribution in [1.82, 2.24) is 0 Å². The summed E-state index contributed by atoms with van der Waals surface area (Å²) in [5, 5.41) is 4.01. The molecule has 6 rings (SSSR count). The van der Waals surface area contributed by atoms with E-state index in [2.05, 4.69) is 48.6 Å². The number of anilines is 1. The predicted octanol–water partition coefficient (Wildman–Crippen LogP) is 5.82. The molecule has 2 saturated carbocycles. The first kappa shape index (κ1) is 18.6. The summed E-state index contributed by atoms with van der Waals surface area (Å²) in [5.41, 5.74) is 6.22. The summed E-state index contributed by atoms with van der Waals surface area (Å²) in [5.74, 6) is 5.13. The van der Waals surface area contributed by atoms with Crippen molar-refractivity contribution in [2.24, 2.45) is 23.2 Å². The molecule has 4 aliphatic rings. The van der Waals surface area contributed by atoms with E-state index in [1.165, 1.54) is 55.3 Å². The van der Waals surface area contributed by atoms with Gasteiger partial charge in [-0.05, 0) is 103 Å². The molecule has 2 aromatic rings. The van der Waals surface area contributed by atoms with E-state index in [9.17, 15) is 0 Å². The van der Waals surface area contributed by atoms with E-state index in [0.29, 0.717) is 11.5 Å². The van der Waals surface area contributed by atoms with Gasteiger partial charge in [0.2, 0.25) is 0 Å². The molecule has 0 bridgehead atoms. The number of nitrogens with one attached hydrogen (secondary N) is 1. The third-order valence-electron chi connectivity index (χ3n) is 9.22. The van der Waals surface area contributed by atoms with E-state index in [4.69, 9.17) is 9.47 Å². The molecule has 6 atom stereocenters. The molecule has 0 unspecified atom stereocenters. The minimum atomic E-state index is 0.383. The van der Waals surface area contributed by atoms with E-state index >= 15 is 0 Å². The van der Waals surface area contributed by atoms with Crippen molar-refractivity contribution in [3.05, 3.63) is 53.1 Å². The lowest BCUT2D eigenvalue weighted by Gasteiger charge is -2.51. The lowest BCUT2D eigenvalue weighted by molar-refractivity contribution is 0.0529. The van der Waals surface area contributed by atoms with Crippen molar-refractivity contribution >= 4 is 5.69 Å². The van der Waals surface area contributed by atoms with E-state index in [0.717, 1.165) is 35.2 Å². The summed E-state index contributed by atoms with van der Waals surface area (Å²) >= 11 is 0. The van der Waals surface area contributed by atoms with Crippen LogP contribution in [0, 0.1) is 23.2 Å².